The maximum atomic E-state index is 12.3. The van der Waals surface area contributed by atoms with Crippen LogP contribution in [0.2, 0.25) is 0 Å². The van der Waals surface area contributed by atoms with E-state index in [9.17, 15) is 22.8 Å². The Balaban J connectivity index is 1.51. The molecule has 2 heterocycles. The maximum Gasteiger partial charge on any atom is 0.323 e. The Kier molecular flexibility index (Phi) is 6.71. The average molecular weight is 440 g/mol. The van der Waals surface area contributed by atoms with Gasteiger partial charge >= 0.3 is 5.97 Å². The minimum Gasteiger partial charge on any atom is -0.480 e. The predicted molar refractivity (Wildman–Crippen MR) is 107 cm³/mol. The molecule has 0 radical (unpaired) electrons. The number of amides is 2. The predicted octanol–water partition coefficient (Wildman–Crippen LogP) is -0.670. The molecule has 0 saturated carbocycles. The highest BCUT2D eigenvalue weighted by Crippen LogP contribution is 2.25. The first-order chi connectivity index (χ1) is 14.2. The van der Waals surface area contributed by atoms with Crippen LogP contribution in [0.4, 0.5) is 5.69 Å². The van der Waals surface area contributed by atoms with Gasteiger partial charge in [-0.15, -0.1) is 0 Å². The van der Waals surface area contributed by atoms with Crippen LogP contribution in [0.1, 0.15) is 20.7 Å². The summed E-state index contributed by atoms with van der Waals surface area (Å²) >= 11 is 0. The highest BCUT2D eigenvalue weighted by Gasteiger charge is 2.36. The zero-order valence-corrected chi connectivity index (χ0v) is 17.4. The van der Waals surface area contributed by atoms with Gasteiger partial charge in [0.25, 0.3) is 21.9 Å². The number of piperazine rings is 1. The lowest BCUT2D eigenvalue weighted by Crippen LogP contribution is -2.46. The van der Waals surface area contributed by atoms with Gasteiger partial charge < -0.3 is 15.3 Å². The first kappa shape index (κ1) is 22.2. The molecule has 0 bridgehead atoms. The Morgan fingerprint density at radius 3 is 2.47 bits per heavy atom. The molecule has 0 spiro atoms. The molecule has 2 amide bonds. The lowest BCUT2D eigenvalue weighted by Gasteiger charge is -2.32. The number of imide groups is 1. The van der Waals surface area contributed by atoms with E-state index in [1.54, 1.807) is 0 Å². The highest BCUT2D eigenvalue weighted by atomic mass is 32.2. The van der Waals surface area contributed by atoms with Crippen molar-refractivity contribution in [3.8, 4) is 0 Å². The van der Waals surface area contributed by atoms with Crippen molar-refractivity contribution in [2.24, 2.45) is 0 Å². The summed E-state index contributed by atoms with van der Waals surface area (Å²) in [6.07, 6.45) is 0. The van der Waals surface area contributed by atoms with Gasteiger partial charge in [0, 0.05) is 38.4 Å². The molecule has 3 rings (SSSR count). The first-order valence-corrected chi connectivity index (χ1v) is 11.0. The molecule has 0 aromatic heterocycles. The van der Waals surface area contributed by atoms with Crippen molar-refractivity contribution in [3.05, 3.63) is 29.3 Å². The van der Waals surface area contributed by atoms with Crippen molar-refractivity contribution in [2.75, 3.05) is 64.1 Å². The van der Waals surface area contributed by atoms with E-state index < -0.39 is 34.4 Å². The molecule has 11 nitrogen and oxygen atoms in total. The van der Waals surface area contributed by atoms with Gasteiger partial charge in [-0.05, 0) is 25.2 Å². The molecule has 164 valence electrons. The summed E-state index contributed by atoms with van der Waals surface area (Å²) in [7, 11) is -1.71. The molecule has 1 saturated heterocycles. The molecule has 0 aliphatic carbocycles. The van der Waals surface area contributed by atoms with Crippen LogP contribution in [0.3, 0.4) is 0 Å². The third-order valence-electron chi connectivity index (χ3n) is 5.03. The third-order valence-corrected chi connectivity index (χ3v) is 6.19. The fraction of sp³-hybridized carbons (Fsp3) is 0.500. The van der Waals surface area contributed by atoms with Gasteiger partial charge in [0.2, 0.25) is 0 Å². The number of carboxylic acids is 1. The van der Waals surface area contributed by atoms with Gasteiger partial charge in [-0.3, -0.25) is 24.2 Å². The number of carbonyl (C=O) groups excluding carboxylic acids is 2. The molecule has 0 unspecified atom stereocenters. The van der Waals surface area contributed by atoms with Gasteiger partial charge in [-0.2, -0.15) is 8.42 Å². The highest BCUT2D eigenvalue weighted by molar-refractivity contribution is 7.86. The second kappa shape index (κ2) is 9.08. The monoisotopic (exact) mass is 440 g/mol. The third kappa shape index (κ3) is 5.33. The smallest absolute Gasteiger partial charge is 0.323 e. The van der Waals surface area contributed by atoms with Crippen LogP contribution in [0.5, 0.6) is 0 Å². The molecule has 2 N–H and O–H groups in total. The average Bonchev–Trinajstić information content (AvgIpc) is 2.92. The van der Waals surface area contributed by atoms with E-state index in [0.717, 1.165) is 26.2 Å². The van der Waals surface area contributed by atoms with Crippen LogP contribution in [0.15, 0.2) is 18.2 Å². The number of anilines is 1. The Morgan fingerprint density at radius 2 is 1.80 bits per heavy atom. The second-order valence-corrected chi connectivity index (χ2v) is 8.96. The summed E-state index contributed by atoms with van der Waals surface area (Å²) < 4.78 is 29.2. The molecule has 1 fully saturated rings. The zero-order valence-electron chi connectivity index (χ0n) is 16.5. The lowest BCUT2D eigenvalue weighted by atomic mass is 10.1. The normalized spacial score (nSPS) is 18.0. The fourth-order valence-electron chi connectivity index (χ4n) is 3.25. The number of hydrogen-bond donors (Lipinski definition) is 2. The summed E-state index contributed by atoms with van der Waals surface area (Å²) in [4.78, 5) is 40.1. The van der Waals surface area contributed by atoms with Crippen LogP contribution in [0, 0.1) is 0 Å². The van der Waals surface area contributed by atoms with Crippen LogP contribution < -0.4 is 5.32 Å². The van der Waals surface area contributed by atoms with Gasteiger partial charge in [0.15, 0.2) is 0 Å². The van der Waals surface area contributed by atoms with Crippen LogP contribution in [0.25, 0.3) is 0 Å². The van der Waals surface area contributed by atoms with Gasteiger partial charge in [-0.1, -0.05) is 0 Å². The molecule has 1 aromatic carbocycles. The van der Waals surface area contributed by atoms with Crippen molar-refractivity contribution in [1.82, 2.24) is 14.7 Å². The molecule has 1 aromatic rings. The summed E-state index contributed by atoms with van der Waals surface area (Å²) in [5.74, 6) is -2.80. The second-order valence-electron chi connectivity index (χ2n) is 7.20. The maximum absolute atomic E-state index is 12.3. The van der Waals surface area contributed by atoms with Crippen LogP contribution in [-0.4, -0.2) is 105 Å². The zero-order chi connectivity index (χ0) is 21.9. The minimum absolute atomic E-state index is 0.0594. The van der Waals surface area contributed by atoms with E-state index in [0.29, 0.717) is 17.1 Å². The van der Waals surface area contributed by atoms with Crippen molar-refractivity contribution < 1.29 is 32.1 Å². The molecule has 30 heavy (non-hydrogen) atoms. The largest absolute Gasteiger partial charge is 0.480 e. The van der Waals surface area contributed by atoms with E-state index in [1.165, 1.54) is 18.2 Å². The SMILES string of the molecule is CN1CCN(CCS(=O)(=O)OCNc2ccc3c(c2)C(=O)N(CC(=O)O)C3=O)CC1. The fourth-order valence-corrected chi connectivity index (χ4v) is 4.09. The number of benzene rings is 1. The van der Waals surface area contributed by atoms with E-state index >= 15 is 0 Å². The number of nitrogens with one attached hydrogen (secondary N) is 1. The quantitative estimate of drug-likeness (QED) is 0.289. The topological polar surface area (TPSA) is 137 Å². The van der Waals surface area contributed by atoms with E-state index in [2.05, 4.69) is 15.1 Å². The number of carbonyl (C=O) groups is 3. The number of carboxylic acid groups (broad SMARTS) is 1. The summed E-state index contributed by atoms with van der Waals surface area (Å²) in [5.41, 5.74) is 0.540. The number of likely N-dealkylation sites (N-methyl/N-ethyl adjacent to an activating group) is 1. The molecular formula is C18H24N4O7S. The molecule has 0 atom stereocenters. The van der Waals surface area contributed by atoms with Crippen LogP contribution in [-0.2, 0) is 19.1 Å². The van der Waals surface area contributed by atoms with Crippen molar-refractivity contribution in [3.63, 3.8) is 0 Å². The Bertz CT molecular complexity index is 942. The summed E-state index contributed by atoms with van der Waals surface area (Å²) in [6, 6.07) is 4.26. The van der Waals surface area contributed by atoms with Gasteiger partial charge in [-0.25, -0.2) is 4.18 Å². The first-order valence-electron chi connectivity index (χ1n) is 9.40. The minimum atomic E-state index is -3.73. The van der Waals surface area contributed by atoms with E-state index in [1.807, 2.05) is 7.05 Å². The molecular weight excluding hydrogens is 416 g/mol. The number of nitrogens with zero attached hydrogens (tertiary/aromatic N) is 3. The Labute approximate surface area is 174 Å². The van der Waals surface area contributed by atoms with E-state index in [-0.39, 0.29) is 23.6 Å². The molecule has 2 aliphatic heterocycles. The van der Waals surface area contributed by atoms with Gasteiger partial charge in [0.1, 0.15) is 13.3 Å². The lowest BCUT2D eigenvalue weighted by molar-refractivity contribution is -0.137. The summed E-state index contributed by atoms with van der Waals surface area (Å²) in [5, 5.41) is 11.6. The standard InChI is InChI=1S/C18H24N4O7S/c1-20-4-6-21(7-5-20)8-9-30(27,28)29-12-19-13-2-3-14-15(10-13)18(26)22(17(14)25)11-16(23)24/h2-3,10,19H,4-9,11-12H2,1H3,(H,23,24). The number of aliphatic carboxylic acids is 1. The Hall–Kier alpha value is -2.54. The molecule has 2 aliphatic rings. The van der Waals surface area contributed by atoms with Crippen LogP contribution >= 0.6 is 0 Å². The number of fused-ring (bicyclic) bond motifs is 1. The van der Waals surface area contributed by atoms with Crippen molar-refractivity contribution in [2.45, 2.75) is 0 Å². The van der Waals surface area contributed by atoms with E-state index in [4.69, 9.17) is 9.29 Å². The number of rotatable bonds is 9. The van der Waals surface area contributed by atoms with Crippen molar-refractivity contribution >= 4 is 33.6 Å². The summed E-state index contributed by atoms with van der Waals surface area (Å²) in [6.45, 7) is 2.76. The number of hydrogen-bond acceptors (Lipinski definition) is 9. The Morgan fingerprint density at radius 1 is 1.13 bits per heavy atom. The van der Waals surface area contributed by atoms with Crippen molar-refractivity contribution in [1.29, 1.82) is 0 Å². The molecule has 12 heteroatoms. The van der Waals surface area contributed by atoms with Gasteiger partial charge in [0.05, 0.1) is 16.9 Å².